The van der Waals surface area contributed by atoms with E-state index in [0.717, 1.165) is 5.56 Å². The zero-order chi connectivity index (χ0) is 13.8. The number of nitrogen functional groups attached to an aromatic ring is 2. The fourth-order valence-corrected chi connectivity index (χ4v) is 1.71. The minimum Gasteiger partial charge on any atom is -0.368 e. The van der Waals surface area contributed by atoms with E-state index in [-0.39, 0.29) is 11.8 Å². The van der Waals surface area contributed by atoms with Crippen molar-refractivity contribution in [3.63, 3.8) is 0 Å². The Balaban J connectivity index is 2.20. The third-order valence-electron chi connectivity index (χ3n) is 2.58. The van der Waals surface area contributed by atoms with E-state index in [1.165, 1.54) is 12.1 Å². The van der Waals surface area contributed by atoms with Crippen molar-refractivity contribution in [2.24, 2.45) is 5.84 Å². The third-order valence-corrected chi connectivity index (χ3v) is 2.58. The number of aromatic nitrogens is 2. The van der Waals surface area contributed by atoms with Crippen LogP contribution in [-0.2, 0) is 6.54 Å². The quantitative estimate of drug-likeness (QED) is 0.565. The molecule has 0 aliphatic rings. The van der Waals surface area contributed by atoms with Crippen LogP contribution in [0.5, 0.6) is 0 Å². The first-order valence-electron chi connectivity index (χ1n) is 5.65. The summed E-state index contributed by atoms with van der Waals surface area (Å²) >= 11 is 0. The predicted octanol–water partition coefficient (Wildman–Crippen LogP) is 1.12. The molecule has 6 nitrogen and oxygen atoms in total. The number of nitrogens with zero attached hydrogens (tertiary/aromatic N) is 3. The number of nitrogens with two attached hydrogens (primary N) is 2. The van der Waals surface area contributed by atoms with E-state index in [0.29, 0.717) is 18.2 Å². The Bertz CT molecular complexity index is 574. The lowest BCUT2D eigenvalue weighted by Crippen LogP contribution is -2.20. The number of halogens is 1. The Hall–Kier alpha value is -2.41. The molecule has 1 aromatic heterocycles. The zero-order valence-corrected chi connectivity index (χ0v) is 10.5. The lowest BCUT2D eigenvalue weighted by atomic mass is 10.2. The van der Waals surface area contributed by atoms with Gasteiger partial charge in [-0.05, 0) is 17.7 Å². The van der Waals surface area contributed by atoms with Crippen molar-refractivity contribution in [3.8, 4) is 0 Å². The van der Waals surface area contributed by atoms with Gasteiger partial charge in [-0.3, -0.25) is 0 Å². The summed E-state index contributed by atoms with van der Waals surface area (Å²) in [5, 5.41) is 0. The maximum Gasteiger partial charge on any atom is 0.223 e. The van der Waals surface area contributed by atoms with Gasteiger partial charge in [0.05, 0.1) is 0 Å². The van der Waals surface area contributed by atoms with Crippen LogP contribution >= 0.6 is 0 Å². The van der Waals surface area contributed by atoms with Gasteiger partial charge in [-0.2, -0.15) is 9.97 Å². The van der Waals surface area contributed by atoms with Gasteiger partial charge in [-0.1, -0.05) is 12.1 Å². The highest BCUT2D eigenvalue weighted by Gasteiger charge is 2.07. The van der Waals surface area contributed by atoms with Crippen LogP contribution in [0.2, 0.25) is 0 Å². The van der Waals surface area contributed by atoms with Crippen molar-refractivity contribution in [2.45, 2.75) is 6.54 Å². The molecular formula is C12H15FN6. The van der Waals surface area contributed by atoms with Crippen LogP contribution in [0.3, 0.4) is 0 Å². The van der Waals surface area contributed by atoms with Gasteiger partial charge in [-0.15, -0.1) is 0 Å². The van der Waals surface area contributed by atoms with Crippen LogP contribution in [0.25, 0.3) is 0 Å². The molecule has 100 valence electrons. The summed E-state index contributed by atoms with van der Waals surface area (Å²) in [6.07, 6.45) is 0. The van der Waals surface area contributed by atoms with Gasteiger partial charge in [-0.25, -0.2) is 10.2 Å². The number of hydrazine groups is 1. The van der Waals surface area contributed by atoms with Crippen LogP contribution in [0, 0.1) is 5.82 Å². The van der Waals surface area contributed by atoms with E-state index < -0.39 is 0 Å². The first-order chi connectivity index (χ1) is 9.08. The average molecular weight is 262 g/mol. The molecule has 2 aromatic rings. The Labute approximate surface area is 110 Å². The minimum atomic E-state index is -0.266. The van der Waals surface area contributed by atoms with E-state index >= 15 is 0 Å². The molecule has 1 aromatic carbocycles. The SMILES string of the molecule is CN(Cc1cccc(F)c1)c1cc(NN)nc(N)n1. The maximum atomic E-state index is 13.1. The lowest BCUT2D eigenvalue weighted by molar-refractivity contribution is 0.625. The van der Waals surface area contributed by atoms with Crippen molar-refractivity contribution in [1.82, 2.24) is 9.97 Å². The summed E-state index contributed by atoms with van der Waals surface area (Å²) in [6, 6.07) is 8.05. The van der Waals surface area contributed by atoms with E-state index in [2.05, 4.69) is 15.4 Å². The Morgan fingerprint density at radius 3 is 2.79 bits per heavy atom. The number of hydrogen-bond donors (Lipinski definition) is 3. The van der Waals surface area contributed by atoms with Gasteiger partial charge in [0.25, 0.3) is 0 Å². The van der Waals surface area contributed by atoms with Crippen LogP contribution in [0.15, 0.2) is 30.3 Å². The number of anilines is 3. The highest BCUT2D eigenvalue weighted by molar-refractivity contribution is 5.51. The normalized spacial score (nSPS) is 10.3. The van der Waals surface area contributed by atoms with Crippen molar-refractivity contribution >= 4 is 17.6 Å². The molecule has 5 N–H and O–H groups in total. The highest BCUT2D eigenvalue weighted by atomic mass is 19.1. The van der Waals surface area contributed by atoms with Crippen molar-refractivity contribution < 1.29 is 4.39 Å². The standard InChI is InChI=1S/C12H15FN6/c1-19(7-8-3-2-4-9(13)5-8)11-6-10(18-15)16-12(14)17-11/h2-6H,7,15H2,1H3,(H3,14,16,17,18). The summed E-state index contributed by atoms with van der Waals surface area (Å²) in [4.78, 5) is 9.83. The Morgan fingerprint density at radius 2 is 2.11 bits per heavy atom. The number of hydrogen-bond acceptors (Lipinski definition) is 6. The lowest BCUT2D eigenvalue weighted by Gasteiger charge is -2.19. The number of rotatable bonds is 4. The zero-order valence-electron chi connectivity index (χ0n) is 10.5. The molecule has 2 rings (SSSR count). The number of benzene rings is 1. The van der Waals surface area contributed by atoms with Crippen LogP contribution in [0.4, 0.5) is 22.0 Å². The third kappa shape index (κ3) is 3.29. The first-order valence-corrected chi connectivity index (χ1v) is 5.65. The van der Waals surface area contributed by atoms with Gasteiger partial charge in [0, 0.05) is 19.7 Å². The Kier molecular flexibility index (Phi) is 3.76. The monoisotopic (exact) mass is 262 g/mol. The van der Waals surface area contributed by atoms with E-state index in [1.807, 2.05) is 18.0 Å². The fraction of sp³-hybridized carbons (Fsp3) is 0.167. The molecule has 0 unspecified atom stereocenters. The van der Waals surface area contributed by atoms with Gasteiger partial charge >= 0.3 is 0 Å². The molecule has 7 heteroatoms. The molecular weight excluding hydrogens is 247 g/mol. The molecule has 0 aliphatic heterocycles. The van der Waals surface area contributed by atoms with Gasteiger partial charge in [0.15, 0.2) is 0 Å². The summed E-state index contributed by atoms with van der Waals surface area (Å²) in [5.41, 5.74) is 8.84. The first kappa shape index (κ1) is 13.0. The summed E-state index contributed by atoms with van der Waals surface area (Å²) < 4.78 is 13.1. The van der Waals surface area contributed by atoms with E-state index in [1.54, 1.807) is 12.1 Å². The molecule has 19 heavy (non-hydrogen) atoms. The summed E-state index contributed by atoms with van der Waals surface area (Å²) in [6.45, 7) is 0.498. The molecule has 0 aliphatic carbocycles. The molecule has 0 radical (unpaired) electrons. The smallest absolute Gasteiger partial charge is 0.223 e. The molecule has 0 bridgehead atoms. The molecule has 0 fully saturated rings. The van der Waals surface area contributed by atoms with Gasteiger partial charge in [0.1, 0.15) is 17.5 Å². The van der Waals surface area contributed by atoms with E-state index in [4.69, 9.17) is 11.6 Å². The predicted molar refractivity (Wildman–Crippen MR) is 72.8 cm³/mol. The Morgan fingerprint density at radius 1 is 1.32 bits per heavy atom. The van der Waals surface area contributed by atoms with Crippen LogP contribution in [0.1, 0.15) is 5.56 Å². The van der Waals surface area contributed by atoms with Crippen LogP contribution in [-0.4, -0.2) is 17.0 Å². The summed E-state index contributed by atoms with van der Waals surface area (Å²) in [5.74, 6) is 6.18. The van der Waals surface area contributed by atoms with Crippen molar-refractivity contribution in [1.29, 1.82) is 0 Å². The molecule has 0 spiro atoms. The minimum absolute atomic E-state index is 0.122. The van der Waals surface area contributed by atoms with E-state index in [9.17, 15) is 4.39 Å². The molecule has 1 heterocycles. The maximum absolute atomic E-state index is 13.1. The second kappa shape index (κ2) is 5.49. The summed E-state index contributed by atoms with van der Waals surface area (Å²) in [7, 11) is 1.83. The van der Waals surface area contributed by atoms with Gasteiger partial charge in [0.2, 0.25) is 5.95 Å². The largest absolute Gasteiger partial charge is 0.368 e. The average Bonchev–Trinajstić information content (AvgIpc) is 2.38. The topological polar surface area (TPSA) is 93.1 Å². The second-order valence-corrected chi connectivity index (χ2v) is 4.10. The molecule has 0 saturated heterocycles. The fourth-order valence-electron chi connectivity index (χ4n) is 1.71. The highest BCUT2D eigenvalue weighted by Crippen LogP contribution is 2.17. The van der Waals surface area contributed by atoms with Crippen LogP contribution < -0.4 is 21.9 Å². The van der Waals surface area contributed by atoms with Crippen molar-refractivity contribution in [3.05, 3.63) is 41.7 Å². The van der Waals surface area contributed by atoms with Crippen molar-refractivity contribution in [2.75, 3.05) is 23.1 Å². The molecule has 0 amide bonds. The molecule has 0 saturated carbocycles. The molecule has 0 atom stereocenters. The number of nitrogens with one attached hydrogen (secondary N) is 1. The second-order valence-electron chi connectivity index (χ2n) is 4.10. The van der Waals surface area contributed by atoms with Gasteiger partial charge < -0.3 is 16.1 Å².